The molecule has 114 valence electrons. The van der Waals surface area contributed by atoms with Crippen molar-refractivity contribution in [2.24, 2.45) is 5.73 Å². The fourth-order valence-corrected chi connectivity index (χ4v) is 4.35. The Balaban J connectivity index is 1.75. The molecule has 1 aliphatic rings. The van der Waals surface area contributed by atoms with Gasteiger partial charge in [-0.15, -0.1) is 11.3 Å². The fraction of sp³-hybridized carbons (Fsp3) is 0.417. The zero-order valence-electron chi connectivity index (χ0n) is 11.3. The highest BCUT2D eigenvalue weighted by Crippen LogP contribution is 2.27. The largest absolute Gasteiger partial charge is 0.458 e. The summed E-state index contributed by atoms with van der Waals surface area (Å²) in [5, 5.41) is 2.09. The molecule has 9 heteroatoms. The van der Waals surface area contributed by atoms with Gasteiger partial charge in [0.05, 0.1) is 6.54 Å². The first kappa shape index (κ1) is 14.5. The zero-order valence-corrected chi connectivity index (χ0v) is 12.9. The van der Waals surface area contributed by atoms with Crippen molar-refractivity contribution >= 4 is 26.7 Å². The molecule has 1 saturated heterocycles. The molecule has 0 aromatic carbocycles. The molecule has 0 radical (unpaired) electrons. The van der Waals surface area contributed by atoms with Crippen molar-refractivity contribution in [2.75, 3.05) is 17.8 Å². The van der Waals surface area contributed by atoms with E-state index < -0.39 is 10.2 Å². The number of nitrogens with zero attached hydrogens (tertiary/aromatic N) is 2. The molecule has 0 atom stereocenters. The molecule has 0 bridgehead atoms. The molecule has 3 heterocycles. The van der Waals surface area contributed by atoms with Gasteiger partial charge >= 0.3 is 10.2 Å². The lowest BCUT2D eigenvalue weighted by molar-refractivity contribution is 0.482. The highest BCUT2D eigenvalue weighted by atomic mass is 32.2. The van der Waals surface area contributed by atoms with E-state index in [4.69, 9.17) is 10.2 Å². The number of hydrogen-bond acceptors (Lipinski definition) is 6. The molecule has 7 nitrogen and oxygen atoms in total. The van der Waals surface area contributed by atoms with Crippen LogP contribution in [-0.4, -0.2) is 30.8 Å². The minimum atomic E-state index is -3.50. The second-order valence-electron chi connectivity index (χ2n) is 4.72. The fourth-order valence-electron chi connectivity index (χ4n) is 2.16. The van der Waals surface area contributed by atoms with E-state index in [9.17, 15) is 8.42 Å². The van der Waals surface area contributed by atoms with Crippen LogP contribution in [0.1, 0.15) is 18.6 Å². The van der Waals surface area contributed by atoms with Gasteiger partial charge in [-0.1, -0.05) is 0 Å². The van der Waals surface area contributed by atoms with Gasteiger partial charge in [0.2, 0.25) is 0 Å². The summed E-state index contributed by atoms with van der Waals surface area (Å²) in [4.78, 5) is 4.25. The molecule has 0 amide bonds. The Hall–Kier alpha value is -1.42. The minimum absolute atomic E-state index is 0.318. The van der Waals surface area contributed by atoms with Crippen LogP contribution < -0.4 is 10.5 Å². The van der Waals surface area contributed by atoms with E-state index in [-0.39, 0.29) is 0 Å². The van der Waals surface area contributed by atoms with Gasteiger partial charge in [0.1, 0.15) is 11.5 Å². The van der Waals surface area contributed by atoms with E-state index in [0.29, 0.717) is 42.0 Å². The van der Waals surface area contributed by atoms with Crippen LogP contribution in [0.4, 0.5) is 5.13 Å². The van der Waals surface area contributed by atoms with Gasteiger partial charge in [0.15, 0.2) is 10.9 Å². The van der Waals surface area contributed by atoms with Crippen molar-refractivity contribution in [1.82, 2.24) is 9.29 Å². The van der Waals surface area contributed by atoms with Crippen molar-refractivity contribution in [2.45, 2.75) is 19.4 Å². The molecule has 3 N–H and O–H groups in total. The van der Waals surface area contributed by atoms with Gasteiger partial charge in [-0.3, -0.25) is 0 Å². The Labute approximate surface area is 127 Å². The second-order valence-corrected chi connectivity index (χ2v) is 7.25. The monoisotopic (exact) mass is 328 g/mol. The Bertz CT molecular complexity index is 716. The van der Waals surface area contributed by atoms with Crippen LogP contribution in [-0.2, 0) is 16.8 Å². The predicted octanol–water partition coefficient (Wildman–Crippen LogP) is 1.61. The Morgan fingerprint density at radius 2 is 2.14 bits per heavy atom. The average Bonchev–Trinajstić information content (AvgIpc) is 3.19. The van der Waals surface area contributed by atoms with Gasteiger partial charge < -0.3 is 10.2 Å². The lowest BCUT2D eigenvalue weighted by Gasteiger charge is -2.14. The van der Waals surface area contributed by atoms with Crippen molar-refractivity contribution in [3.63, 3.8) is 0 Å². The summed E-state index contributed by atoms with van der Waals surface area (Å²) in [5.41, 5.74) is 6.09. The topological polar surface area (TPSA) is 101 Å². The lowest BCUT2D eigenvalue weighted by Crippen LogP contribution is -2.33. The van der Waals surface area contributed by atoms with Crippen molar-refractivity contribution in [3.8, 4) is 11.5 Å². The van der Waals surface area contributed by atoms with Crippen LogP contribution in [0.2, 0.25) is 0 Å². The molecule has 0 saturated carbocycles. The summed E-state index contributed by atoms with van der Waals surface area (Å²) in [7, 11) is -3.50. The Morgan fingerprint density at radius 3 is 2.81 bits per heavy atom. The minimum Gasteiger partial charge on any atom is -0.458 e. The molecule has 1 fully saturated rings. The second kappa shape index (κ2) is 5.76. The van der Waals surface area contributed by atoms with Crippen molar-refractivity contribution in [3.05, 3.63) is 23.3 Å². The van der Waals surface area contributed by atoms with Crippen LogP contribution in [0.15, 0.2) is 21.9 Å². The van der Waals surface area contributed by atoms with E-state index in [0.717, 1.165) is 12.8 Å². The number of nitrogens with two attached hydrogens (primary N) is 1. The molecule has 0 spiro atoms. The Morgan fingerprint density at radius 1 is 1.38 bits per heavy atom. The van der Waals surface area contributed by atoms with E-state index in [1.807, 2.05) is 0 Å². The number of anilines is 1. The van der Waals surface area contributed by atoms with E-state index in [1.165, 1.54) is 15.6 Å². The third kappa shape index (κ3) is 3.10. The molecular formula is C12H16N4O3S2. The van der Waals surface area contributed by atoms with E-state index >= 15 is 0 Å². The van der Waals surface area contributed by atoms with Gasteiger partial charge in [0, 0.05) is 18.5 Å². The molecule has 21 heavy (non-hydrogen) atoms. The highest BCUT2D eigenvalue weighted by molar-refractivity contribution is 7.90. The maximum absolute atomic E-state index is 12.1. The summed E-state index contributed by atoms with van der Waals surface area (Å²) < 4.78 is 33.7. The number of nitrogens with one attached hydrogen (secondary N) is 1. The number of rotatable bonds is 5. The third-order valence-electron chi connectivity index (χ3n) is 3.24. The van der Waals surface area contributed by atoms with Gasteiger partial charge in [-0.05, 0) is 25.0 Å². The number of thiazole rings is 1. The average molecular weight is 328 g/mol. The first-order valence-electron chi connectivity index (χ1n) is 6.61. The van der Waals surface area contributed by atoms with Crippen molar-refractivity contribution in [1.29, 1.82) is 0 Å². The maximum Gasteiger partial charge on any atom is 0.303 e. The number of furan rings is 1. The highest BCUT2D eigenvalue weighted by Gasteiger charge is 2.26. The first-order chi connectivity index (χ1) is 10.1. The Kier molecular flexibility index (Phi) is 3.98. The quantitative estimate of drug-likeness (QED) is 0.868. The van der Waals surface area contributed by atoms with E-state index in [1.54, 1.807) is 17.5 Å². The molecule has 3 rings (SSSR count). The summed E-state index contributed by atoms with van der Waals surface area (Å²) in [6.07, 6.45) is 1.80. The van der Waals surface area contributed by atoms with Crippen molar-refractivity contribution < 1.29 is 12.8 Å². The van der Waals surface area contributed by atoms with Crippen LogP contribution >= 0.6 is 11.3 Å². The van der Waals surface area contributed by atoms with Gasteiger partial charge in [-0.25, -0.2) is 9.71 Å². The van der Waals surface area contributed by atoms with Crippen LogP contribution in [0.25, 0.3) is 11.5 Å². The molecule has 2 aromatic heterocycles. The normalized spacial score (nSPS) is 16.4. The van der Waals surface area contributed by atoms with Crippen LogP contribution in [0.3, 0.4) is 0 Å². The number of hydrogen-bond donors (Lipinski definition) is 2. The molecule has 0 aliphatic carbocycles. The summed E-state index contributed by atoms with van der Waals surface area (Å²) in [6.45, 7) is 1.44. The SMILES string of the molecule is NCc1ccc(-c2csc(NS(=O)(=O)N3CCCC3)n2)o1. The summed E-state index contributed by atoms with van der Waals surface area (Å²) in [5.74, 6) is 1.25. The lowest BCUT2D eigenvalue weighted by atomic mass is 10.3. The number of aromatic nitrogens is 1. The predicted molar refractivity (Wildman–Crippen MR) is 81.1 cm³/mol. The smallest absolute Gasteiger partial charge is 0.303 e. The molecule has 0 unspecified atom stereocenters. The third-order valence-corrected chi connectivity index (χ3v) is 5.62. The van der Waals surface area contributed by atoms with Gasteiger partial charge in [-0.2, -0.15) is 12.7 Å². The molecule has 2 aromatic rings. The van der Waals surface area contributed by atoms with Gasteiger partial charge in [0.25, 0.3) is 0 Å². The van der Waals surface area contributed by atoms with E-state index in [2.05, 4.69) is 9.71 Å². The van der Waals surface area contributed by atoms with Crippen LogP contribution in [0, 0.1) is 0 Å². The van der Waals surface area contributed by atoms with Crippen LogP contribution in [0.5, 0.6) is 0 Å². The first-order valence-corrected chi connectivity index (χ1v) is 8.93. The summed E-state index contributed by atoms with van der Waals surface area (Å²) >= 11 is 1.23. The molecule has 1 aliphatic heterocycles. The zero-order chi connectivity index (χ0) is 14.9. The standard InChI is InChI=1S/C12H16N4O3S2/c13-7-9-3-4-11(19-9)10-8-20-12(14-10)15-21(17,18)16-5-1-2-6-16/h3-4,8H,1-2,5-7,13H2,(H,14,15). The maximum atomic E-state index is 12.1. The molecular weight excluding hydrogens is 312 g/mol. The summed E-state index contributed by atoms with van der Waals surface area (Å²) in [6, 6.07) is 3.55.